The lowest BCUT2D eigenvalue weighted by atomic mass is 10.1. The van der Waals surface area contributed by atoms with E-state index in [1.54, 1.807) is 48.7 Å². The lowest BCUT2D eigenvalue weighted by Crippen LogP contribution is -2.31. The number of ether oxygens (including phenoxy) is 1. The number of hydrogen-bond donors (Lipinski definition) is 2. The Kier molecular flexibility index (Phi) is 7.69. The van der Waals surface area contributed by atoms with Crippen molar-refractivity contribution in [2.24, 2.45) is 0 Å². The van der Waals surface area contributed by atoms with Crippen molar-refractivity contribution < 1.29 is 35.9 Å². The Bertz CT molecular complexity index is 1500. The standard InChI is InChI=1S/C25H20F2N2O6S2/c1-15-20(14-21(34-15)17-6-10-19(11-7-17)35-25(26)27)24(31)28-18-8-4-16(5-9-18)13-22(30)29-37(32,33)23-3-2-12-36-23/h2-12,14,25H,13H2,1H3,(H,28,31)(H,29,30). The summed E-state index contributed by atoms with van der Waals surface area (Å²) in [5, 5.41) is 4.34. The van der Waals surface area contributed by atoms with E-state index in [1.807, 2.05) is 4.72 Å². The van der Waals surface area contributed by atoms with Crippen LogP contribution in [0.2, 0.25) is 0 Å². The van der Waals surface area contributed by atoms with Crippen molar-refractivity contribution in [1.82, 2.24) is 4.72 Å². The van der Waals surface area contributed by atoms with Gasteiger partial charge < -0.3 is 14.5 Å². The zero-order chi connectivity index (χ0) is 26.6. The zero-order valence-electron chi connectivity index (χ0n) is 19.2. The number of carbonyl (C=O) groups is 2. The number of carbonyl (C=O) groups excluding carboxylic acids is 2. The molecule has 2 aromatic carbocycles. The summed E-state index contributed by atoms with van der Waals surface area (Å²) in [6, 6.07) is 16.7. The first-order valence-electron chi connectivity index (χ1n) is 10.8. The molecule has 4 rings (SSSR count). The number of thiophene rings is 1. The second kappa shape index (κ2) is 10.9. The molecule has 0 atom stereocenters. The molecule has 2 N–H and O–H groups in total. The van der Waals surface area contributed by atoms with Crippen LogP contribution in [0, 0.1) is 6.92 Å². The van der Waals surface area contributed by atoms with E-state index in [2.05, 4.69) is 10.1 Å². The molecule has 0 bridgehead atoms. The van der Waals surface area contributed by atoms with Gasteiger partial charge in [0.2, 0.25) is 5.91 Å². The second-order valence-corrected chi connectivity index (χ2v) is 10.6. The van der Waals surface area contributed by atoms with Crippen molar-refractivity contribution in [3.63, 3.8) is 0 Å². The van der Waals surface area contributed by atoms with E-state index in [4.69, 9.17) is 4.42 Å². The predicted molar refractivity (Wildman–Crippen MR) is 133 cm³/mol. The number of aryl methyl sites for hydroxylation is 1. The smallest absolute Gasteiger partial charge is 0.387 e. The fourth-order valence-electron chi connectivity index (χ4n) is 3.39. The predicted octanol–water partition coefficient (Wildman–Crippen LogP) is 5.22. The second-order valence-electron chi connectivity index (χ2n) is 7.77. The Hall–Kier alpha value is -4.03. The van der Waals surface area contributed by atoms with Gasteiger partial charge in [0.1, 0.15) is 21.5 Å². The van der Waals surface area contributed by atoms with Crippen molar-refractivity contribution in [1.29, 1.82) is 0 Å². The first-order valence-corrected chi connectivity index (χ1v) is 13.1. The molecule has 8 nitrogen and oxygen atoms in total. The van der Waals surface area contributed by atoms with Gasteiger partial charge in [-0.2, -0.15) is 8.78 Å². The monoisotopic (exact) mass is 546 g/mol. The maximum atomic E-state index is 12.8. The minimum Gasteiger partial charge on any atom is -0.461 e. The van der Waals surface area contributed by atoms with Crippen LogP contribution >= 0.6 is 11.3 Å². The summed E-state index contributed by atoms with van der Waals surface area (Å²) in [6.07, 6.45) is -0.163. The van der Waals surface area contributed by atoms with Gasteiger partial charge in [0.05, 0.1) is 12.0 Å². The topological polar surface area (TPSA) is 115 Å². The molecule has 37 heavy (non-hydrogen) atoms. The quantitative estimate of drug-likeness (QED) is 0.298. The summed E-state index contributed by atoms with van der Waals surface area (Å²) in [5.74, 6) is -0.367. The summed E-state index contributed by atoms with van der Waals surface area (Å²) in [5.41, 5.74) is 1.87. The number of sulfonamides is 1. The first kappa shape index (κ1) is 26.0. The minimum atomic E-state index is -3.90. The molecule has 2 heterocycles. The van der Waals surface area contributed by atoms with Crippen molar-refractivity contribution >= 4 is 38.9 Å². The SMILES string of the molecule is Cc1oc(-c2ccc(OC(F)F)cc2)cc1C(=O)Nc1ccc(CC(=O)NS(=O)(=O)c2cccs2)cc1. The van der Waals surface area contributed by atoms with E-state index < -0.39 is 28.4 Å². The highest BCUT2D eigenvalue weighted by molar-refractivity contribution is 7.92. The van der Waals surface area contributed by atoms with Gasteiger partial charge in [0.15, 0.2) is 0 Å². The van der Waals surface area contributed by atoms with E-state index in [0.717, 1.165) is 11.3 Å². The van der Waals surface area contributed by atoms with Crippen LogP contribution in [0.1, 0.15) is 21.7 Å². The number of nitrogens with one attached hydrogen (secondary N) is 2. The van der Waals surface area contributed by atoms with E-state index in [1.165, 1.54) is 30.3 Å². The number of rotatable bonds is 9. The van der Waals surface area contributed by atoms with Gasteiger partial charge in [-0.1, -0.05) is 18.2 Å². The van der Waals surface area contributed by atoms with E-state index in [9.17, 15) is 26.8 Å². The average molecular weight is 547 g/mol. The third kappa shape index (κ3) is 6.60. The van der Waals surface area contributed by atoms with Crippen molar-refractivity contribution in [3.8, 4) is 17.1 Å². The molecule has 0 radical (unpaired) electrons. The van der Waals surface area contributed by atoms with Crippen molar-refractivity contribution in [3.05, 3.63) is 89.0 Å². The molecule has 2 amide bonds. The Labute approximate surface area is 214 Å². The highest BCUT2D eigenvalue weighted by Crippen LogP contribution is 2.28. The Morgan fingerprint density at radius 2 is 1.76 bits per heavy atom. The van der Waals surface area contributed by atoms with Gasteiger partial charge in [0.25, 0.3) is 15.9 Å². The Morgan fingerprint density at radius 3 is 2.38 bits per heavy atom. The number of furan rings is 1. The van der Waals surface area contributed by atoms with Gasteiger partial charge in [-0.15, -0.1) is 11.3 Å². The van der Waals surface area contributed by atoms with Crippen molar-refractivity contribution in [2.75, 3.05) is 5.32 Å². The lowest BCUT2D eigenvalue weighted by molar-refractivity contribution is -0.118. The van der Waals surface area contributed by atoms with Crippen LogP contribution in [0.25, 0.3) is 11.3 Å². The summed E-state index contributed by atoms with van der Waals surface area (Å²) in [4.78, 5) is 25.0. The molecule has 0 spiro atoms. The Morgan fingerprint density at radius 1 is 1.05 bits per heavy atom. The van der Waals surface area contributed by atoms with E-state index in [0.29, 0.717) is 28.3 Å². The molecule has 2 aromatic heterocycles. The lowest BCUT2D eigenvalue weighted by Gasteiger charge is -2.07. The van der Waals surface area contributed by atoms with Gasteiger partial charge in [0, 0.05) is 11.3 Å². The normalized spacial score (nSPS) is 11.4. The largest absolute Gasteiger partial charge is 0.461 e. The molecule has 192 valence electrons. The molecular formula is C25H20F2N2O6S2. The molecule has 0 unspecified atom stereocenters. The molecule has 4 aromatic rings. The highest BCUT2D eigenvalue weighted by Gasteiger charge is 2.19. The molecule has 0 aliphatic carbocycles. The van der Waals surface area contributed by atoms with Crippen LogP contribution in [0.4, 0.5) is 14.5 Å². The average Bonchev–Trinajstić information content (AvgIpc) is 3.51. The third-order valence-electron chi connectivity index (χ3n) is 5.11. The number of benzene rings is 2. The van der Waals surface area contributed by atoms with Gasteiger partial charge >= 0.3 is 6.61 Å². The molecular weight excluding hydrogens is 526 g/mol. The maximum absolute atomic E-state index is 12.8. The van der Waals surface area contributed by atoms with Crippen LogP contribution in [-0.4, -0.2) is 26.8 Å². The van der Waals surface area contributed by atoms with E-state index >= 15 is 0 Å². The summed E-state index contributed by atoms with van der Waals surface area (Å²) >= 11 is 1.01. The van der Waals surface area contributed by atoms with Crippen LogP contribution in [0.15, 0.2) is 80.7 Å². The maximum Gasteiger partial charge on any atom is 0.387 e. The van der Waals surface area contributed by atoms with Crippen LogP contribution in [0.5, 0.6) is 5.75 Å². The Balaban J connectivity index is 1.37. The van der Waals surface area contributed by atoms with Gasteiger partial charge in [-0.3, -0.25) is 9.59 Å². The first-order chi connectivity index (χ1) is 17.6. The van der Waals surface area contributed by atoms with Crippen LogP contribution in [-0.2, 0) is 21.2 Å². The fourth-order valence-corrected chi connectivity index (χ4v) is 5.37. The third-order valence-corrected chi connectivity index (χ3v) is 7.88. The number of amides is 2. The molecule has 0 fully saturated rings. The zero-order valence-corrected chi connectivity index (χ0v) is 20.9. The summed E-state index contributed by atoms with van der Waals surface area (Å²) in [6.45, 7) is -1.30. The molecule has 12 heteroatoms. The van der Waals surface area contributed by atoms with E-state index in [-0.39, 0.29) is 21.9 Å². The molecule has 0 aliphatic heterocycles. The summed E-state index contributed by atoms with van der Waals surface area (Å²) < 4.78 is 61.1. The number of halogens is 2. The van der Waals surface area contributed by atoms with Crippen molar-refractivity contribution in [2.45, 2.75) is 24.2 Å². The summed E-state index contributed by atoms with van der Waals surface area (Å²) in [7, 11) is -3.90. The number of anilines is 1. The van der Waals surface area contributed by atoms with Crippen LogP contribution in [0.3, 0.4) is 0 Å². The van der Waals surface area contributed by atoms with Crippen LogP contribution < -0.4 is 14.8 Å². The minimum absolute atomic E-state index is 0.00468. The molecule has 0 aliphatic rings. The number of alkyl halides is 2. The number of hydrogen-bond acceptors (Lipinski definition) is 7. The molecule has 0 saturated heterocycles. The molecule has 0 saturated carbocycles. The fraction of sp³-hybridized carbons (Fsp3) is 0.120. The highest BCUT2D eigenvalue weighted by atomic mass is 32.2. The van der Waals surface area contributed by atoms with Gasteiger partial charge in [-0.25, -0.2) is 13.1 Å². The van der Waals surface area contributed by atoms with Gasteiger partial charge in [-0.05, 0) is 66.4 Å².